The summed E-state index contributed by atoms with van der Waals surface area (Å²) >= 11 is 0. The van der Waals surface area contributed by atoms with Crippen LogP contribution in [0.1, 0.15) is 58.1 Å². The average Bonchev–Trinajstić information content (AvgIpc) is 2.97. The third kappa shape index (κ3) is 4.66. The van der Waals surface area contributed by atoms with Gasteiger partial charge in [0.1, 0.15) is 17.9 Å². The van der Waals surface area contributed by atoms with Crippen LogP contribution in [0.25, 0.3) is 0 Å². The Kier molecular flexibility index (Phi) is 6.67. The second-order valence-electron chi connectivity index (χ2n) is 9.18. The van der Waals surface area contributed by atoms with Crippen molar-refractivity contribution in [2.24, 2.45) is 0 Å². The first-order chi connectivity index (χ1) is 15.1. The second-order valence-corrected chi connectivity index (χ2v) is 9.18. The lowest BCUT2D eigenvalue weighted by Gasteiger charge is -2.27. The maximum Gasteiger partial charge on any atom is 0.325 e. The Hall–Kier alpha value is -3.22. The van der Waals surface area contributed by atoms with Gasteiger partial charge in [0.05, 0.1) is 0 Å². The summed E-state index contributed by atoms with van der Waals surface area (Å²) in [4.78, 5) is 39.9. The first-order valence-electron chi connectivity index (χ1n) is 10.9. The minimum Gasteiger partial charge on any atom is -0.324 e. The van der Waals surface area contributed by atoms with E-state index in [4.69, 9.17) is 0 Å². The molecule has 2 aromatic carbocycles. The monoisotopic (exact) mass is 439 g/mol. The van der Waals surface area contributed by atoms with Crippen LogP contribution in [-0.4, -0.2) is 29.3 Å². The molecule has 0 spiro atoms. The molecule has 2 aromatic rings. The minimum absolute atomic E-state index is 0.192. The van der Waals surface area contributed by atoms with Crippen LogP contribution in [-0.2, 0) is 20.5 Å². The molecule has 1 heterocycles. The molecular weight excluding hydrogens is 409 g/mol. The van der Waals surface area contributed by atoms with Crippen LogP contribution < -0.4 is 10.6 Å². The van der Waals surface area contributed by atoms with E-state index in [9.17, 15) is 18.8 Å². The average molecular weight is 440 g/mol. The zero-order valence-corrected chi connectivity index (χ0v) is 19.0. The Balaban J connectivity index is 1.83. The number of rotatable bonds is 7. The van der Waals surface area contributed by atoms with Gasteiger partial charge in [-0.15, -0.1) is 0 Å². The molecule has 0 bridgehead atoms. The van der Waals surface area contributed by atoms with Crippen LogP contribution in [0, 0.1) is 5.82 Å². The van der Waals surface area contributed by atoms with E-state index in [1.54, 1.807) is 6.07 Å². The number of hydrogen-bond donors (Lipinski definition) is 2. The van der Waals surface area contributed by atoms with E-state index in [0.717, 1.165) is 16.9 Å². The lowest BCUT2D eigenvalue weighted by Crippen LogP contribution is -2.44. The summed E-state index contributed by atoms with van der Waals surface area (Å²) in [7, 11) is 0. The highest BCUT2D eigenvalue weighted by molar-refractivity contribution is 6.10. The minimum atomic E-state index is -1.30. The van der Waals surface area contributed by atoms with Crippen molar-refractivity contribution in [3.63, 3.8) is 0 Å². The number of amides is 4. The maximum absolute atomic E-state index is 13.5. The van der Waals surface area contributed by atoms with Gasteiger partial charge in [-0.2, -0.15) is 0 Å². The molecule has 1 fully saturated rings. The van der Waals surface area contributed by atoms with E-state index in [-0.39, 0.29) is 5.41 Å². The molecule has 0 aliphatic carbocycles. The van der Waals surface area contributed by atoms with Crippen molar-refractivity contribution in [1.29, 1.82) is 0 Å². The van der Waals surface area contributed by atoms with Crippen molar-refractivity contribution in [3.8, 4) is 0 Å². The van der Waals surface area contributed by atoms with Gasteiger partial charge in [0.2, 0.25) is 5.91 Å². The lowest BCUT2D eigenvalue weighted by atomic mass is 9.84. The summed E-state index contributed by atoms with van der Waals surface area (Å²) in [6, 6.07) is 12.4. The first kappa shape index (κ1) is 23.4. The standard InChI is InChI=1S/C25H30FN3O3/c1-5-6-15-25(17-11-13-18(26)14-12-17)22(31)29(23(32)28-25)16-21(30)27-20-10-8-7-9-19(20)24(2,3)4/h7-14H,5-6,15-16H2,1-4H3,(H,27,30)(H,28,32)/t25-/m1/s1. The van der Waals surface area contributed by atoms with Crippen LogP contribution in [0.15, 0.2) is 48.5 Å². The molecule has 3 rings (SSSR count). The number of unbranched alkanes of at least 4 members (excludes halogenated alkanes) is 1. The topological polar surface area (TPSA) is 78.5 Å². The number of anilines is 1. The molecule has 7 heteroatoms. The molecule has 0 unspecified atom stereocenters. The summed E-state index contributed by atoms with van der Waals surface area (Å²) in [5, 5.41) is 5.62. The van der Waals surface area contributed by atoms with Gasteiger partial charge in [0.15, 0.2) is 0 Å². The highest BCUT2D eigenvalue weighted by atomic mass is 19.1. The fourth-order valence-corrected chi connectivity index (χ4v) is 4.03. The van der Waals surface area contributed by atoms with Crippen molar-refractivity contribution >= 4 is 23.5 Å². The van der Waals surface area contributed by atoms with Gasteiger partial charge in [-0.05, 0) is 41.2 Å². The van der Waals surface area contributed by atoms with Crippen molar-refractivity contribution in [2.45, 2.75) is 57.9 Å². The summed E-state index contributed by atoms with van der Waals surface area (Å²) < 4.78 is 13.5. The maximum atomic E-state index is 13.5. The predicted octanol–water partition coefficient (Wildman–Crippen LogP) is 4.70. The molecular formula is C25H30FN3O3. The van der Waals surface area contributed by atoms with Gasteiger partial charge in [0, 0.05) is 5.69 Å². The smallest absolute Gasteiger partial charge is 0.324 e. The molecule has 4 amide bonds. The van der Waals surface area contributed by atoms with Gasteiger partial charge >= 0.3 is 6.03 Å². The Bertz CT molecular complexity index is 1010. The molecule has 0 aromatic heterocycles. The van der Waals surface area contributed by atoms with Gasteiger partial charge in [-0.1, -0.05) is 70.9 Å². The molecule has 1 aliphatic rings. The largest absolute Gasteiger partial charge is 0.325 e. The lowest BCUT2D eigenvalue weighted by molar-refractivity contribution is -0.134. The Morgan fingerprint density at radius 1 is 1.09 bits per heavy atom. The molecule has 0 saturated carbocycles. The fraction of sp³-hybridized carbons (Fsp3) is 0.400. The number of nitrogens with zero attached hydrogens (tertiary/aromatic N) is 1. The summed E-state index contributed by atoms with van der Waals surface area (Å²) in [5.74, 6) is -1.39. The Labute approximate surface area is 188 Å². The zero-order chi connectivity index (χ0) is 23.5. The molecule has 32 heavy (non-hydrogen) atoms. The summed E-state index contributed by atoms with van der Waals surface area (Å²) in [6.45, 7) is 7.70. The van der Waals surface area contributed by atoms with Gasteiger partial charge in [0.25, 0.3) is 5.91 Å². The van der Waals surface area contributed by atoms with Crippen molar-refractivity contribution in [3.05, 3.63) is 65.5 Å². The number of halogens is 1. The third-order valence-corrected chi connectivity index (χ3v) is 5.73. The molecule has 1 atom stereocenters. The van der Waals surface area contributed by atoms with Gasteiger partial charge < -0.3 is 10.6 Å². The van der Waals surface area contributed by atoms with E-state index in [0.29, 0.717) is 24.1 Å². The van der Waals surface area contributed by atoms with Crippen molar-refractivity contribution in [2.75, 3.05) is 11.9 Å². The number of nitrogens with one attached hydrogen (secondary N) is 2. The van der Waals surface area contributed by atoms with Crippen molar-refractivity contribution < 1.29 is 18.8 Å². The van der Waals surface area contributed by atoms with Crippen LogP contribution in [0.2, 0.25) is 0 Å². The highest BCUT2D eigenvalue weighted by Crippen LogP contribution is 2.34. The highest BCUT2D eigenvalue weighted by Gasteiger charge is 2.52. The molecule has 0 radical (unpaired) electrons. The van der Waals surface area contributed by atoms with E-state index in [1.165, 1.54) is 24.3 Å². The number of para-hydroxylation sites is 1. The fourth-order valence-electron chi connectivity index (χ4n) is 4.03. The van der Waals surface area contributed by atoms with Crippen molar-refractivity contribution in [1.82, 2.24) is 10.2 Å². The Morgan fingerprint density at radius 3 is 2.38 bits per heavy atom. The number of imide groups is 1. The predicted molar refractivity (Wildman–Crippen MR) is 122 cm³/mol. The van der Waals surface area contributed by atoms with Gasteiger partial charge in [-0.25, -0.2) is 9.18 Å². The molecule has 1 aliphatic heterocycles. The molecule has 170 valence electrons. The van der Waals surface area contributed by atoms with E-state index in [1.807, 2.05) is 45.9 Å². The van der Waals surface area contributed by atoms with Gasteiger partial charge in [-0.3, -0.25) is 14.5 Å². The Morgan fingerprint density at radius 2 is 1.75 bits per heavy atom. The van der Waals surface area contributed by atoms with Crippen LogP contribution in [0.4, 0.5) is 14.9 Å². The summed E-state index contributed by atoms with van der Waals surface area (Å²) in [6.07, 6.45) is 1.86. The quantitative estimate of drug-likeness (QED) is 0.614. The third-order valence-electron chi connectivity index (χ3n) is 5.73. The zero-order valence-electron chi connectivity index (χ0n) is 19.0. The molecule has 2 N–H and O–H groups in total. The molecule has 1 saturated heterocycles. The second kappa shape index (κ2) is 9.10. The van der Waals surface area contributed by atoms with Crippen LogP contribution >= 0.6 is 0 Å². The first-order valence-corrected chi connectivity index (χ1v) is 10.9. The number of carbonyl (C=O) groups excluding carboxylic acids is 3. The normalized spacial score (nSPS) is 18.6. The number of urea groups is 1. The van der Waals surface area contributed by atoms with E-state index < -0.39 is 35.7 Å². The van der Waals surface area contributed by atoms with Crippen LogP contribution in [0.3, 0.4) is 0 Å². The van der Waals surface area contributed by atoms with E-state index in [2.05, 4.69) is 10.6 Å². The SMILES string of the molecule is CCCC[C@]1(c2ccc(F)cc2)NC(=O)N(CC(=O)Nc2ccccc2C(C)(C)C)C1=O. The van der Waals surface area contributed by atoms with Crippen LogP contribution in [0.5, 0.6) is 0 Å². The number of hydrogen-bond acceptors (Lipinski definition) is 3. The number of benzene rings is 2. The molecule has 6 nitrogen and oxygen atoms in total. The number of carbonyl (C=O) groups is 3. The summed E-state index contributed by atoms with van der Waals surface area (Å²) in [5.41, 5.74) is 0.612. The van der Waals surface area contributed by atoms with E-state index >= 15 is 0 Å².